The number of fused-ring (bicyclic) bond motifs is 1. The van der Waals surface area contributed by atoms with Gasteiger partial charge < -0.3 is 10.2 Å². The van der Waals surface area contributed by atoms with E-state index in [1.165, 1.54) is 6.33 Å². The number of anilines is 2. The van der Waals surface area contributed by atoms with Gasteiger partial charge in [-0.25, -0.2) is 9.78 Å². The molecule has 0 bridgehead atoms. The zero-order valence-electron chi connectivity index (χ0n) is 13.7. The molecule has 0 aliphatic carbocycles. The number of hydrogen-bond acceptors (Lipinski definition) is 6. The largest absolute Gasteiger partial charge is 0.352 e. The second kappa shape index (κ2) is 5.16. The van der Waals surface area contributed by atoms with Gasteiger partial charge in [-0.3, -0.25) is 9.58 Å². The minimum atomic E-state index is -0.0596. The Hall–Kier alpha value is -3.17. The number of rotatable bonds is 3. The number of amides is 2. The van der Waals surface area contributed by atoms with Crippen LogP contribution in [0.4, 0.5) is 16.3 Å². The monoisotopic (exact) mass is 339 g/mol. The van der Waals surface area contributed by atoms with Gasteiger partial charge in [-0.05, 0) is 6.92 Å². The fourth-order valence-corrected chi connectivity index (χ4v) is 3.33. The summed E-state index contributed by atoms with van der Waals surface area (Å²) < 4.78 is 3.69. The molecule has 3 aromatic rings. The number of aryl methyl sites for hydroxylation is 1. The van der Waals surface area contributed by atoms with E-state index in [0.717, 1.165) is 30.3 Å². The molecule has 0 saturated carbocycles. The average Bonchev–Trinajstić information content (AvgIpc) is 3.25. The molecule has 3 aromatic heterocycles. The summed E-state index contributed by atoms with van der Waals surface area (Å²) in [7, 11) is 0. The van der Waals surface area contributed by atoms with Crippen LogP contribution in [0.15, 0.2) is 24.8 Å². The second-order valence-electron chi connectivity index (χ2n) is 6.35. The number of carbonyl (C=O) groups excluding carboxylic acids is 1. The summed E-state index contributed by atoms with van der Waals surface area (Å²) in [5.41, 5.74) is 1.76. The molecule has 10 nitrogen and oxygen atoms in total. The fourth-order valence-electron chi connectivity index (χ4n) is 3.33. The molecule has 0 aromatic carbocycles. The van der Waals surface area contributed by atoms with Crippen molar-refractivity contribution in [1.82, 2.24) is 34.7 Å². The smallest absolute Gasteiger partial charge is 0.322 e. The molecule has 2 fully saturated rings. The van der Waals surface area contributed by atoms with Gasteiger partial charge >= 0.3 is 6.03 Å². The first-order valence-corrected chi connectivity index (χ1v) is 8.21. The minimum absolute atomic E-state index is 0.0596. The summed E-state index contributed by atoms with van der Waals surface area (Å²) in [6, 6.07) is 2.23. The summed E-state index contributed by atoms with van der Waals surface area (Å²) in [5, 5.41) is 11.5. The first kappa shape index (κ1) is 14.2. The third-order valence-electron chi connectivity index (χ3n) is 4.68. The van der Waals surface area contributed by atoms with Gasteiger partial charge in [-0.2, -0.15) is 19.7 Å². The quantitative estimate of drug-likeness (QED) is 0.733. The van der Waals surface area contributed by atoms with Crippen LogP contribution in [0, 0.1) is 6.92 Å². The Morgan fingerprint density at radius 1 is 1.28 bits per heavy atom. The highest BCUT2D eigenvalue weighted by Crippen LogP contribution is 2.29. The molecule has 2 amide bonds. The van der Waals surface area contributed by atoms with Crippen molar-refractivity contribution in [2.75, 3.05) is 36.0 Å². The molecule has 0 radical (unpaired) electrons. The van der Waals surface area contributed by atoms with Crippen LogP contribution >= 0.6 is 0 Å². The Kier molecular flexibility index (Phi) is 2.93. The molecule has 1 N–H and O–H groups in total. The lowest BCUT2D eigenvalue weighted by Gasteiger charge is -2.40. The van der Waals surface area contributed by atoms with E-state index in [0.29, 0.717) is 18.9 Å². The standard InChI is InChI=1S/C15H17N9O/c1-10-4-13(24-14(20-10)17-9-19-24)21-6-12(7-21)23-8-11(5-18-23)22-3-2-16-15(22)25/h4-5,8-9,12H,2-3,6-7H2,1H3,(H,16,25). The van der Waals surface area contributed by atoms with Gasteiger partial charge in [-0.15, -0.1) is 0 Å². The molecule has 0 spiro atoms. The van der Waals surface area contributed by atoms with Gasteiger partial charge in [0.2, 0.25) is 0 Å². The average molecular weight is 339 g/mol. The summed E-state index contributed by atoms with van der Waals surface area (Å²) in [6.07, 6.45) is 5.21. The zero-order chi connectivity index (χ0) is 17.0. The highest BCUT2D eigenvalue weighted by Gasteiger charge is 2.32. The Balaban J connectivity index is 1.34. The number of nitrogens with zero attached hydrogens (tertiary/aromatic N) is 8. The van der Waals surface area contributed by atoms with Crippen molar-refractivity contribution in [2.24, 2.45) is 0 Å². The van der Waals surface area contributed by atoms with Crippen molar-refractivity contribution < 1.29 is 4.79 Å². The van der Waals surface area contributed by atoms with E-state index in [1.54, 1.807) is 15.6 Å². The van der Waals surface area contributed by atoms with E-state index in [1.807, 2.05) is 23.9 Å². The summed E-state index contributed by atoms with van der Waals surface area (Å²) in [5.74, 6) is 1.60. The maximum atomic E-state index is 11.8. The van der Waals surface area contributed by atoms with Crippen molar-refractivity contribution in [1.29, 1.82) is 0 Å². The van der Waals surface area contributed by atoms with Gasteiger partial charge in [0.25, 0.3) is 5.78 Å². The lowest BCUT2D eigenvalue weighted by molar-refractivity contribution is 0.252. The van der Waals surface area contributed by atoms with E-state index in [4.69, 9.17) is 0 Å². The highest BCUT2D eigenvalue weighted by atomic mass is 16.2. The van der Waals surface area contributed by atoms with Crippen LogP contribution in [-0.4, -0.2) is 61.6 Å². The summed E-state index contributed by atoms with van der Waals surface area (Å²) >= 11 is 0. The molecule has 25 heavy (non-hydrogen) atoms. The third-order valence-corrected chi connectivity index (χ3v) is 4.68. The van der Waals surface area contributed by atoms with E-state index >= 15 is 0 Å². The Morgan fingerprint density at radius 2 is 2.16 bits per heavy atom. The van der Waals surface area contributed by atoms with E-state index in [-0.39, 0.29) is 12.1 Å². The predicted octanol–water partition coefficient (Wildman–Crippen LogP) is 0.220. The molecular weight excluding hydrogens is 322 g/mol. The normalized spacial score (nSPS) is 18.0. The SMILES string of the molecule is Cc1cc(N2CC(n3cc(N4CCNC4=O)cn3)C2)n2ncnc2n1. The maximum Gasteiger partial charge on any atom is 0.322 e. The number of nitrogens with one attached hydrogen (secondary N) is 1. The van der Waals surface area contributed by atoms with Crippen molar-refractivity contribution in [2.45, 2.75) is 13.0 Å². The molecule has 2 saturated heterocycles. The first-order chi connectivity index (χ1) is 12.2. The zero-order valence-corrected chi connectivity index (χ0v) is 13.7. The summed E-state index contributed by atoms with van der Waals surface area (Å²) in [4.78, 5) is 24.2. The van der Waals surface area contributed by atoms with Crippen molar-refractivity contribution >= 4 is 23.3 Å². The van der Waals surface area contributed by atoms with Gasteiger partial charge in [0.15, 0.2) is 0 Å². The molecule has 2 aliphatic rings. The van der Waals surface area contributed by atoms with Crippen LogP contribution < -0.4 is 15.1 Å². The predicted molar refractivity (Wildman–Crippen MR) is 89.7 cm³/mol. The highest BCUT2D eigenvalue weighted by molar-refractivity contribution is 5.93. The van der Waals surface area contributed by atoms with Crippen LogP contribution in [0.2, 0.25) is 0 Å². The van der Waals surface area contributed by atoms with Gasteiger partial charge in [0.05, 0.1) is 17.9 Å². The molecular formula is C15H17N9O. The number of aromatic nitrogens is 6. The Bertz CT molecular complexity index is 955. The van der Waals surface area contributed by atoms with Crippen LogP contribution in [0.1, 0.15) is 11.7 Å². The Morgan fingerprint density at radius 3 is 2.96 bits per heavy atom. The molecule has 128 valence electrons. The minimum Gasteiger partial charge on any atom is -0.352 e. The number of carbonyl (C=O) groups is 1. The van der Waals surface area contributed by atoms with Gasteiger partial charge in [0.1, 0.15) is 12.1 Å². The summed E-state index contributed by atoms with van der Waals surface area (Å²) in [6.45, 7) is 4.96. The first-order valence-electron chi connectivity index (χ1n) is 8.21. The topological polar surface area (TPSA) is 96.5 Å². The number of hydrogen-bond donors (Lipinski definition) is 1. The van der Waals surface area contributed by atoms with Crippen molar-refractivity contribution in [3.8, 4) is 0 Å². The molecule has 0 atom stereocenters. The fraction of sp³-hybridized carbons (Fsp3) is 0.400. The van der Waals surface area contributed by atoms with Gasteiger partial charge in [-0.1, -0.05) is 0 Å². The lowest BCUT2D eigenvalue weighted by atomic mass is 10.1. The number of urea groups is 1. The lowest BCUT2D eigenvalue weighted by Crippen LogP contribution is -2.48. The molecule has 10 heteroatoms. The van der Waals surface area contributed by atoms with Crippen molar-refractivity contribution in [3.63, 3.8) is 0 Å². The molecule has 0 unspecified atom stereocenters. The molecule has 5 heterocycles. The third kappa shape index (κ3) is 2.21. The Labute approximate surface area is 143 Å². The molecule has 2 aliphatic heterocycles. The van der Waals surface area contributed by atoms with E-state index in [9.17, 15) is 4.79 Å². The van der Waals surface area contributed by atoms with E-state index < -0.39 is 0 Å². The van der Waals surface area contributed by atoms with Crippen LogP contribution in [0.3, 0.4) is 0 Å². The van der Waals surface area contributed by atoms with Crippen molar-refractivity contribution in [3.05, 3.63) is 30.5 Å². The van der Waals surface area contributed by atoms with Crippen LogP contribution in [-0.2, 0) is 0 Å². The maximum absolute atomic E-state index is 11.8. The van der Waals surface area contributed by atoms with Crippen LogP contribution in [0.25, 0.3) is 5.78 Å². The second-order valence-corrected chi connectivity index (χ2v) is 6.35. The van der Waals surface area contributed by atoms with Gasteiger partial charge in [0, 0.05) is 44.1 Å². The molecule has 5 rings (SSSR count). The van der Waals surface area contributed by atoms with Crippen LogP contribution in [0.5, 0.6) is 0 Å². The van der Waals surface area contributed by atoms with E-state index in [2.05, 4.69) is 30.4 Å².